The van der Waals surface area contributed by atoms with Crippen LogP contribution in [0.1, 0.15) is 32.3 Å². The molecular formula is C17H21ClN4O2S2. The van der Waals surface area contributed by atoms with E-state index < -0.39 is 0 Å². The van der Waals surface area contributed by atoms with Gasteiger partial charge in [0.25, 0.3) is 0 Å². The van der Waals surface area contributed by atoms with Crippen LogP contribution in [-0.2, 0) is 16.1 Å². The molecule has 140 valence electrons. The van der Waals surface area contributed by atoms with Gasteiger partial charge in [-0.25, -0.2) is 0 Å². The van der Waals surface area contributed by atoms with Crippen molar-refractivity contribution in [2.24, 2.45) is 5.92 Å². The molecule has 0 radical (unpaired) electrons. The fourth-order valence-electron chi connectivity index (χ4n) is 2.20. The van der Waals surface area contributed by atoms with Gasteiger partial charge in [-0.15, -0.1) is 10.2 Å². The van der Waals surface area contributed by atoms with Crippen LogP contribution in [-0.4, -0.2) is 27.8 Å². The summed E-state index contributed by atoms with van der Waals surface area (Å²) < 4.78 is 0.637. The first-order valence-corrected chi connectivity index (χ1v) is 10.5. The van der Waals surface area contributed by atoms with E-state index in [1.165, 1.54) is 23.1 Å². The minimum atomic E-state index is -0.118. The van der Waals surface area contributed by atoms with Gasteiger partial charge in [0.15, 0.2) is 4.34 Å². The quantitative estimate of drug-likeness (QED) is 0.480. The van der Waals surface area contributed by atoms with Crippen molar-refractivity contribution in [3.63, 3.8) is 0 Å². The molecule has 1 aromatic heterocycles. The van der Waals surface area contributed by atoms with Gasteiger partial charge in [-0.1, -0.05) is 66.7 Å². The molecule has 2 aromatic rings. The molecular weight excluding hydrogens is 392 g/mol. The molecule has 0 saturated heterocycles. The fourth-order valence-corrected chi connectivity index (χ4v) is 3.99. The van der Waals surface area contributed by atoms with E-state index in [0.29, 0.717) is 21.0 Å². The number of halogens is 1. The number of nitrogens with zero attached hydrogens (tertiary/aromatic N) is 2. The van der Waals surface area contributed by atoms with Crippen LogP contribution in [0, 0.1) is 5.92 Å². The highest BCUT2D eigenvalue weighted by atomic mass is 35.5. The second-order valence-corrected chi connectivity index (χ2v) is 8.14. The molecule has 6 nitrogen and oxygen atoms in total. The summed E-state index contributed by atoms with van der Waals surface area (Å²) in [5.74, 6) is 0.0399. The predicted octanol–water partition coefficient (Wildman–Crippen LogP) is 3.97. The molecule has 0 fully saturated rings. The molecule has 9 heteroatoms. The van der Waals surface area contributed by atoms with E-state index in [0.717, 1.165) is 18.4 Å². The fraction of sp³-hybridized carbons (Fsp3) is 0.412. The molecule has 0 saturated carbocycles. The second-order valence-electron chi connectivity index (χ2n) is 5.53. The minimum absolute atomic E-state index is 0.0226. The highest BCUT2D eigenvalue weighted by molar-refractivity contribution is 8.01. The third-order valence-corrected chi connectivity index (χ3v) is 6.09. The van der Waals surface area contributed by atoms with Crippen molar-refractivity contribution in [3.8, 4) is 0 Å². The Labute approximate surface area is 166 Å². The van der Waals surface area contributed by atoms with E-state index in [1.54, 1.807) is 6.07 Å². The maximum atomic E-state index is 12.0. The lowest BCUT2D eigenvalue weighted by Crippen LogP contribution is -2.24. The van der Waals surface area contributed by atoms with E-state index in [9.17, 15) is 9.59 Å². The summed E-state index contributed by atoms with van der Waals surface area (Å²) in [5.41, 5.74) is 0.870. The van der Waals surface area contributed by atoms with Crippen molar-refractivity contribution in [1.29, 1.82) is 0 Å². The number of amides is 2. The Morgan fingerprint density at radius 2 is 1.96 bits per heavy atom. The normalized spacial score (nSPS) is 10.8. The van der Waals surface area contributed by atoms with Gasteiger partial charge < -0.3 is 10.6 Å². The number of hydrogen-bond acceptors (Lipinski definition) is 6. The number of benzene rings is 1. The molecule has 2 N–H and O–H groups in total. The predicted molar refractivity (Wildman–Crippen MR) is 107 cm³/mol. The van der Waals surface area contributed by atoms with Crippen LogP contribution in [0.25, 0.3) is 0 Å². The van der Waals surface area contributed by atoms with Crippen LogP contribution in [0.15, 0.2) is 28.6 Å². The Balaban J connectivity index is 1.77. The summed E-state index contributed by atoms with van der Waals surface area (Å²) in [4.78, 5) is 24.0. The second kappa shape index (κ2) is 10.5. The Morgan fingerprint density at radius 1 is 1.23 bits per heavy atom. The lowest BCUT2D eigenvalue weighted by Gasteiger charge is -2.09. The average molecular weight is 413 g/mol. The molecule has 2 amide bonds. The van der Waals surface area contributed by atoms with E-state index >= 15 is 0 Å². The SMILES string of the molecule is CCC(CC)C(=O)Nc1nnc(SCC(=O)NCc2ccccc2Cl)s1. The van der Waals surface area contributed by atoms with Crippen molar-refractivity contribution in [3.05, 3.63) is 34.9 Å². The maximum Gasteiger partial charge on any atom is 0.230 e. The lowest BCUT2D eigenvalue weighted by molar-refractivity contribution is -0.120. The molecule has 0 bridgehead atoms. The third-order valence-electron chi connectivity index (χ3n) is 3.75. The molecule has 1 aromatic carbocycles. The topological polar surface area (TPSA) is 84.0 Å². The van der Waals surface area contributed by atoms with Crippen LogP contribution in [0.3, 0.4) is 0 Å². The number of carbonyl (C=O) groups is 2. The third kappa shape index (κ3) is 6.26. The number of carbonyl (C=O) groups excluding carboxylic acids is 2. The first-order chi connectivity index (χ1) is 12.5. The average Bonchev–Trinajstić information content (AvgIpc) is 3.07. The van der Waals surface area contributed by atoms with Crippen LogP contribution in [0.5, 0.6) is 0 Å². The van der Waals surface area contributed by atoms with Gasteiger partial charge in [-0.3, -0.25) is 9.59 Å². The molecule has 0 atom stereocenters. The van der Waals surface area contributed by atoms with Crippen molar-refractivity contribution in [2.75, 3.05) is 11.1 Å². The molecule has 2 rings (SSSR count). The molecule has 0 aliphatic heterocycles. The Bertz CT molecular complexity index is 750. The highest BCUT2D eigenvalue weighted by Crippen LogP contribution is 2.26. The first-order valence-electron chi connectivity index (χ1n) is 8.30. The van der Waals surface area contributed by atoms with E-state index in [4.69, 9.17) is 11.6 Å². The molecule has 0 unspecified atom stereocenters. The van der Waals surface area contributed by atoms with Crippen LogP contribution < -0.4 is 10.6 Å². The number of nitrogens with one attached hydrogen (secondary N) is 2. The smallest absolute Gasteiger partial charge is 0.230 e. The zero-order valence-corrected chi connectivity index (χ0v) is 17.0. The Kier molecular flexibility index (Phi) is 8.34. The van der Waals surface area contributed by atoms with Crippen LogP contribution >= 0.6 is 34.7 Å². The van der Waals surface area contributed by atoms with E-state index in [2.05, 4.69) is 20.8 Å². The zero-order chi connectivity index (χ0) is 18.9. The number of rotatable bonds is 9. The zero-order valence-electron chi connectivity index (χ0n) is 14.6. The molecule has 0 aliphatic rings. The van der Waals surface area contributed by atoms with Crippen molar-refractivity contribution >= 4 is 51.6 Å². The van der Waals surface area contributed by atoms with E-state index in [-0.39, 0.29) is 23.5 Å². The lowest BCUT2D eigenvalue weighted by atomic mass is 10.0. The number of thioether (sulfide) groups is 1. The Hall–Kier alpha value is -1.64. The maximum absolute atomic E-state index is 12.0. The van der Waals surface area contributed by atoms with Crippen LogP contribution in [0.2, 0.25) is 5.02 Å². The Morgan fingerprint density at radius 3 is 2.65 bits per heavy atom. The number of hydrogen-bond donors (Lipinski definition) is 2. The summed E-state index contributed by atoms with van der Waals surface area (Å²) in [5, 5.41) is 14.6. The van der Waals surface area contributed by atoms with Crippen molar-refractivity contribution < 1.29 is 9.59 Å². The minimum Gasteiger partial charge on any atom is -0.351 e. The standard InChI is InChI=1S/C17H21ClN4O2S2/c1-3-11(4-2)15(24)20-16-21-22-17(26-16)25-10-14(23)19-9-12-7-5-6-8-13(12)18/h5-8,11H,3-4,9-10H2,1-2H3,(H,19,23)(H,20,21,24). The number of aromatic nitrogens is 2. The first kappa shape index (κ1) is 20.7. The molecule has 1 heterocycles. The molecule has 0 aliphatic carbocycles. The van der Waals surface area contributed by atoms with Crippen molar-refractivity contribution in [2.45, 2.75) is 37.6 Å². The summed E-state index contributed by atoms with van der Waals surface area (Å²) >= 11 is 8.61. The summed E-state index contributed by atoms with van der Waals surface area (Å²) in [6, 6.07) is 7.38. The van der Waals surface area contributed by atoms with E-state index in [1.807, 2.05) is 32.0 Å². The summed E-state index contributed by atoms with van der Waals surface area (Å²) in [7, 11) is 0. The van der Waals surface area contributed by atoms with Gasteiger partial charge in [0.2, 0.25) is 16.9 Å². The van der Waals surface area contributed by atoms with Gasteiger partial charge in [0.05, 0.1) is 5.75 Å². The van der Waals surface area contributed by atoms with Crippen molar-refractivity contribution in [1.82, 2.24) is 15.5 Å². The van der Waals surface area contributed by atoms with Crippen LogP contribution in [0.4, 0.5) is 5.13 Å². The van der Waals surface area contributed by atoms with Gasteiger partial charge >= 0.3 is 0 Å². The van der Waals surface area contributed by atoms with Gasteiger partial charge in [-0.05, 0) is 24.5 Å². The monoisotopic (exact) mass is 412 g/mol. The molecule has 0 spiro atoms. The summed E-state index contributed by atoms with van der Waals surface area (Å²) in [6.07, 6.45) is 1.57. The van der Waals surface area contributed by atoms with Gasteiger partial charge in [-0.2, -0.15) is 0 Å². The largest absolute Gasteiger partial charge is 0.351 e. The molecule has 26 heavy (non-hydrogen) atoms. The number of anilines is 1. The van der Waals surface area contributed by atoms with Gasteiger partial charge in [0.1, 0.15) is 0 Å². The summed E-state index contributed by atoms with van der Waals surface area (Å²) in [6.45, 7) is 4.35. The highest BCUT2D eigenvalue weighted by Gasteiger charge is 2.16. The van der Waals surface area contributed by atoms with Gasteiger partial charge in [0, 0.05) is 17.5 Å².